The van der Waals surface area contributed by atoms with Crippen LogP contribution in [0.2, 0.25) is 0 Å². The number of carbonyl (C=O) groups excluding carboxylic acids is 1. The van der Waals surface area contributed by atoms with Gasteiger partial charge in [-0.25, -0.2) is 0 Å². The van der Waals surface area contributed by atoms with Gasteiger partial charge in [0.2, 0.25) is 0 Å². The average molecular weight is 487 g/mol. The number of phenols is 1. The molecule has 0 aromatic heterocycles. The monoisotopic (exact) mass is 486 g/mol. The maximum Gasteiger partial charge on any atom is 0.251 e. The van der Waals surface area contributed by atoms with Crippen molar-refractivity contribution in [1.82, 2.24) is 10.2 Å². The Morgan fingerprint density at radius 2 is 1.89 bits per heavy atom. The Hall–Kier alpha value is -2.57. The number of aliphatic hydroxyl groups is 1. The van der Waals surface area contributed by atoms with Crippen molar-refractivity contribution in [3.8, 4) is 11.5 Å². The molecular weight excluding hydrogens is 452 g/mol. The highest BCUT2D eigenvalue weighted by Crippen LogP contribution is 2.71. The topological polar surface area (TPSA) is 82.0 Å². The SMILES string of the molecule is O=C(N[C@H]1CC[C@]12CC[C@@]1(O)[C@H]3Cc4ccc(O)c5c4[C@@]1(CCN3CC1CC1)[C@H]2O5)c1ccccc1. The first kappa shape index (κ1) is 21.5. The van der Waals surface area contributed by atoms with Crippen LogP contribution in [0.25, 0.3) is 0 Å². The number of ether oxygens (including phenoxy) is 1. The van der Waals surface area contributed by atoms with Gasteiger partial charge >= 0.3 is 0 Å². The normalized spacial score (nSPS) is 39.8. The number of nitrogens with zero attached hydrogens (tertiary/aromatic N) is 1. The number of likely N-dealkylation sites (tertiary alicyclic amines) is 1. The zero-order valence-electron chi connectivity index (χ0n) is 20.6. The molecule has 3 saturated carbocycles. The fraction of sp³-hybridized carbons (Fsp3) is 0.567. The highest BCUT2D eigenvalue weighted by Gasteiger charge is 2.77. The molecule has 0 unspecified atom stereocenters. The number of aromatic hydroxyl groups is 1. The first-order valence-corrected chi connectivity index (χ1v) is 13.8. The largest absolute Gasteiger partial charge is 0.504 e. The zero-order chi connectivity index (χ0) is 24.3. The molecule has 4 aliphatic carbocycles. The minimum atomic E-state index is -0.883. The smallest absolute Gasteiger partial charge is 0.251 e. The Morgan fingerprint density at radius 1 is 1.06 bits per heavy atom. The van der Waals surface area contributed by atoms with Crippen LogP contribution in [0.15, 0.2) is 42.5 Å². The molecule has 1 saturated heterocycles. The second-order valence-electron chi connectivity index (χ2n) is 12.4. The molecule has 188 valence electrons. The molecule has 6 aliphatic rings. The van der Waals surface area contributed by atoms with Crippen molar-refractivity contribution in [2.24, 2.45) is 11.3 Å². The number of nitrogens with one attached hydrogen (secondary N) is 1. The molecule has 6 nitrogen and oxygen atoms in total. The number of piperidine rings is 1. The molecule has 8 rings (SSSR count). The lowest BCUT2D eigenvalue weighted by Gasteiger charge is -2.69. The number of rotatable bonds is 4. The number of amides is 1. The van der Waals surface area contributed by atoms with Crippen LogP contribution in [-0.4, -0.2) is 57.9 Å². The van der Waals surface area contributed by atoms with Crippen LogP contribution >= 0.6 is 0 Å². The summed E-state index contributed by atoms with van der Waals surface area (Å²) in [6.07, 6.45) is 7.44. The molecule has 6 heteroatoms. The van der Waals surface area contributed by atoms with Gasteiger partial charge in [0.1, 0.15) is 6.10 Å². The van der Waals surface area contributed by atoms with Crippen molar-refractivity contribution in [3.05, 3.63) is 59.2 Å². The molecule has 2 heterocycles. The van der Waals surface area contributed by atoms with Crippen LogP contribution in [0.1, 0.15) is 66.4 Å². The van der Waals surface area contributed by atoms with Gasteiger partial charge in [0.15, 0.2) is 11.5 Å². The Labute approximate surface area is 211 Å². The minimum Gasteiger partial charge on any atom is -0.504 e. The van der Waals surface area contributed by atoms with Crippen molar-refractivity contribution in [2.45, 2.75) is 80.6 Å². The molecule has 36 heavy (non-hydrogen) atoms. The molecule has 2 aliphatic heterocycles. The molecule has 3 N–H and O–H groups in total. The lowest BCUT2D eigenvalue weighted by Crippen LogP contribution is -2.80. The van der Waals surface area contributed by atoms with Gasteiger partial charge in [-0.1, -0.05) is 24.3 Å². The van der Waals surface area contributed by atoms with Crippen LogP contribution < -0.4 is 10.1 Å². The van der Waals surface area contributed by atoms with Crippen molar-refractivity contribution >= 4 is 5.91 Å². The molecule has 2 aromatic rings. The molecule has 0 radical (unpaired) electrons. The summed E-state index contributed by atoms with van der Waals surface area (Å²) in [5.74, 6) is 1.50. The fourth-order valence-corrected chi connectivity index (χ4v) is 8.96. The van der Waals surface area contributed by atoms with E-state index in [1.54, 1.807) is 6.07 Å². The lowest BCUT2D eigenvalue weighted by molar-refractivity contribution is -0.235. The first-order valence-electron chi connectivity index (χ1n) is 13.8. The van der Waals surface area contributed by atoms with Crippen molar-refractivity contribution in [1.29, 1.82) is 0 Å². The molecule has 2 aromatic carbocycles. The third-order valence-electron chi connectivity index (χ3n) is 10.9. The fourth-order valence-electron chi connectivity index (χ4n) is 8.96. The summed E-state index contributed by atoms with van der Waals surface area (Å²) in [7, 11) is 0. The molecule has 4 fully saturated rings. The molecular formula is C30H34N2O4. The summed E-state index contributed by atoms with van der Waals surface area (Å²) in [5, 5.41) is 27.0. The first-order chi connectivity index (χ1) is 17.5. The van der Waals surface area contributed by atoms with Crippen molar-refractivity contribution in [2.75, 3.05) is 13.1 Å². The van der Waals surface area contributed by atoms with E-state index in [0.29, 0.717) is 17.7 Å². The van der Waals surface area contributed by atoms with E-state index < -0.39 is 11.0 Å². The second kappa shape index (κ2) is 7.05. The van der Waals surface area contributed by atoms with E-state index >= 15 is 0 Å². The van der Waals surface area contributed by atoms with E-state index in [-0.39, 0.29) is 35.3 Å². The second-order valence-corrected chi connectivity index (χ2v) is 12.4. The van der Waals surface area contributed by atoms with Crippen LogP contribution in [-0.2, 0) is 11.8 Å². The summed E-state index contributed by atoms with van der Waals surface area (Å²) in [6.45, 7) is 2.03. The Bertz CT molecular complexity index is 1260. The predicted molar refractivity (Wildman–Crippen MR) is 134 cm³/mol. The van der Waals surface area contributed by atoms with Gasteiger partial charge in [0.25, 0.3) is 5.91 Å². The van der Waals surface area contributed by atoms with E-state index in [9.17, 15) is 15.0 Å². The summed E-state index contributed by atoms with van der Waals surface area (Å²) >= 11 is 0. The van der Waals surface area contributed by atoms with Gasteiger partial charge in [0, 0.05) is 35.2 Å². The summed E-state index contributed by atoms with van der Waals surface area (Å²) in [6, 6.07) is 13.3. The van der Waals surface area contributed by atoms with E-state index in [1.165, 1.54) is 18.4 Å². The number of carbonyl (C=O) groups is 1. The van der Waals surface area contributed by atoms with Gasteiger partial charge < -0.3 is 20.3 Å². The lowest BCUT2D eigenvalue weighted by atomic mass is 9.40. The maximum absolute atomic E-state index is 13.1. The van der Waals surface area contributed by atoms with Crippen molar-refractivity contribution in [3.63, 3.8) is 0 Å². The van der Waals surface area contributed by atoms with Crippen LogP contribution in [0.3, 0.4) is 0 Å². The Balaban J connectivity index is 1.21. The number of hydrogen-bond acceptors (Lipinski definition) is 5. The number of fused-ring (bicyclic) bond motifs is 1. The average Bonchev–Trinajstić information content (AvgIpc) is 3.62. The maximum atomic E-state index is 13.1. The molecule has 2 spiro atoms. The highest BCUT2D eigenvalue weighted by molar-refractivity contribution is 5.94. The van der Waals surface area contributed by atoms with Gasteiger partial charge in [-0.05, 0) is 87.6 Å². The minimum absolute atomic E-state index is 0.00101. The summed E-state index contributed by atoms with van der Waals surface area (Å²) in [5.41, 5.74) is 1.31. The van der Waals surface area contributed by atoms with Gasteiger partial charge in [-0.2, -0.15) is 0 Å². The predicted octanol–water partition coefficient (Wildman–Crippen LogP) is 3.54. The van der Waals surface area contributed by atoms with Gasteiger partial charge in [-0.15, -0.1) is 0 Å². The summed E-state index contributed by atoms with van der Waals surface area (Å²) < 4.78 is 6.80. The molecule has 1 amide bonds. The van der Waals surface area contributed by atoms with Crippen LogP contribution in [0.5, 0.6) is 11.5 Å². The quantitative estimate of drug-likeness (QED) is 0.616. The van der Waals surface area contributed by atoms with Gasteiger partial charge in [0.05, 0.1) is 11.0 Å². The van der Waals surface area contributed by atoms with Gasteiger partial charge in [-0.3, -0.25) is 9.69 Å². The summed E-state index contributed by atoms with van der Waals surface area (Å²) in [4.78, 5) is 15.7. The number of benzene rings is 2. The van der Waals surface area contributed by atoms with Crippen LogP contribution in [0, 0.1) is 11.3 Å². The van der Waals surface area contributed by atoms with E-state index in [0.717, 1.165) is 56.7 Å². The van der Waals surface area contributed by atoms with E-state index in [1.807, 2.05) is 30.3 Å². The van der Waals surface area contributed by atoms with E-state index in [4.69, 9.17) is 4.74 Å². The third kappa shape index (κ3) is 2.52. The van der Waals surface area contributed by atoms with E-state index in [2.05, 4.69) is 16.3 Å². The Morgan fingerprint density at radius 3 is 2.64 bits per heavy atom. The third-order valence-corrected chi connectivity index (χ3v) is 10.9. The van der Waals surface area contributed by atoms with Crippen LogP contribution in [0.4, 0.5) is 0 Å². The number of phenolic OH excluding ortho intramolecular Hbond substituents is 1. The number of hydrogen-bond donors (Lipinski definition) is 3. The highest BCUT2D eigenvalue weighted by atomic mass is 16.5. The Kier molecular flexibility index (Phi) is 4.21. The standard InChI is InChI=1S/C30H34N2O4/c33-21-9-8-20-16-23-30(35)13-12-28(11-10-22(28)31-26(34)19-4-2-1-3-5-19)27-29(30,24(20)25(21)36-27)14-15-32(23)17-18-6-7-18/h1-5,8-9,18,22-23,27,33,35H,6-7,10-17H2,(H,31,34)/t22-,23+,27-,28-,29-,30+/m0/s1. The van der Waals surface area contributed by atoms with Crippen molar-refractivity contribution < 1.29 is 19.7 Å². The zero-order valence-corrected chi connectivity index (χ0v) is 20.6. The molecule has 2 bridgehead atoms. The molecule has 6 atom stereocenters.